The lowest BCUT2D eigenvalue weighted by molar-refractivity contribution is -0.123. The van der Waals surface area contributed by atoms with Crippen LogP contribution in [-0.4, -0.2) is 42.3 Å². The predicted octanol–water partition coefficient (Wildman–Crippen LogP) is 0.781. The Kier molecular flexibility index (Phi) is 5.70. The number of amides is 3. The molecular formula is C16H22N4O3. The molecule has 7 nitrogen and oxygen atoms in total. The van der Waals surface area contributed by atoms with E-state index in [4.69, 9.17) is 5.73 Å². The van der Waals surface area contributed by atoms with E-state index in [9.17, 15) is 14.4 Å². The highest BCUT2D eigenvalue weighted by Crippen LogP contribution is 2.17. The minimum atomic E-state index is -0.260. The Morgan fingerprint density at radius 1 is 1.17 bits per heavy atom. The fourth-order valence-corrected chi connectivity index (χ4v) is 2.66. The molecule has 0 aliphatic carbocycles. The second-order valence-electron chi connectivity index (χ2n) is 5.76. The fraction of sp³-hybridized carbons (Fsp3) is 0.438. The highest BCUT2D eigenvalue weighted by Gasteiger charge is 2.24. The molecule has 1 aliphatic rings. The number of hydrogen-bond acceptors (Lipinski definition) is 4. The van der Waals surface area contributed by atoms with Crippen molar-refractivity contribution in [1.82, 2.24) is 4.90 Å². The van der Waals surface area contributed by atoms with Crippen LogP contribution in [0.3, 0.4) is 0 Å². The number of benzene rings is 1. The molecule has 1 heterocycles. The maximum Gasteiger partial charge on any atom is 0.238 e. The minimum Gasteiger partial charge on any atom is -0.369 e. The summed E-state index contributed by atoms with van der Waals surface area (Å²) in [6, 6.07) is 6.99. The molecule has 3 amide bonds. The van der Waals surface area contributed by atoms with Crippen molar-refractivity contribution in [2.75, 3.05) is 30.3 Å². The van der Waals surface area contributed by atoms with Gasteiger partial charge in [-0.1, -0.05) is 6.07 Å². The molecule has 0 atom stereocenters. The Labute approximate surface area is 135 Å². The molecule has 1 aromatic carbocycles. The summed E-state index contributed by atoms with van der Waals surface area (Å²) in [4.78, 5) is 36.3. The van der Waals surface area contributed by atoms with Crippen LogP contribution in [0.4, 0.5) is 11.4 Å². The van der Waals surface area contributed by atoms with Gasteiger partial charge < -0.3 is 16.4 Å². The van der Waals surface area contributed by atoms with E-state index in [2.05, 4.69) is 10.6 Å². The lowest BCUT2D eigenvalue weighted by atomic mass is 9.96. The SMILES string of the molecule is CC(=O)Nc1cccc(NC(=O)CN2CCC(C(N)=O)CC2)c1. The zero-order valence-electron chi connectivity index (χ0n) is 13.2. The average molecular weight is 318 g/mol. The summed E-state index contributed by atoms with van der Waals surface area (Å²) in [6.07, 6.45) is 1.39. The number of primary amides is 1. The molecule has 0 radical (unpaired) electrons. The van der Waals surface area contributed by atoms with Crippen LogP contribution < -0.4 is 16.4 Å². The minimum absolute atomic E-state index is 0.0800. The average Bonchev–Trinajstić information content (AvgIpc) is 2.47. The third-order valence-electron chi connectivity index (χ3n) is 3.82. The van der Waals surface area contributed by atoms with E-state index < -0.39 is 0 Å². The van der Waals surface area contributed by atoms with Gasteiger partial charge in [-0.05, 0) is 44.1 Å². The lowest BCUT2D eigenvalue weighted by Crippen LogP contribution is -2.42. The molecule has 1 aromatic rings. The number of anilines is 2. The van der Waals surface area contributed by atoms with Gasteiger partial charge in [0.05, 0.1) is 6.54 Å². The summed E-state index contributed by atoms with van der Waals surface area (Å²) >= 11 is 0. The van der Waals surface area contributed by atoms with Gasteiger partial charge in [-0.2, -0.15) is 0 Å². The normalized spacial score (nSPS) is 15.9. The van der Waals surface area contributed by atoms with Gasteiger partial charge in [0.15, 0.2) is 0 Å². The van der Waals surface area contributed by atoms with Crippen molar-refractivity contribution >= 4 is 29.1 Å². The highest BCUT2D eigenvalue weighted by atomic mass is 16.2. The van der Waals surface area contributed by atoms with Crippen LogP contribution >= 0.6 is 0 Å². The summed E-state index contributed by atoms with van der Waals surface area (Å²) in [5, 5.41) is 5.48. The number of piperidine rings is 1. The van der Waals surface area contributed by atoms with Gasteiger partial charge in [0.25, 0.3) is 0 Å². The Morgan fingerprint density at radius 3 is 2.35 bits per heavy atom. The van der Waals surface area contributed by atoms with Crippen molar-refractivity contribution in [2.45, 2.75) is 19.8 Å². The van der Waals surface area contributed by atoms with Gasteiger partial charge in [0, 0.05) is 24.2 Å². The van der Waals surface area contributed by atoms with Crippen molar-refractivity contribution in [2.24, 2.45) is 11.7 Å². The number of carbonyl (C=O) groups excluding carboxylic acids is 3. The van der Waals surface area contributed by atoms with Crippen LogP contribution in [-0.2, 0) is 14.4 Å². The molecule has 1 fully saturated rings. The smallest absolute Gasteiger partial charge is 0.238 e. The zero-order chi connectivity index (χ0) is 16.8. The fourth-order valence-electron chi connectivity index (χ4n) is 2.66. The van der Waals surface area contributed by atoms with Gasteiger partial charge in [0.1, 0.15) is 0 Å². The van der Waals surface area contributed by atoms with Crippen LogP contribution in [0.1, 0.15) is 19.8 Å². The molecule has 4 N–H and O–H groups in total. The second-order valence-corrected chi connectivity index (χ2v) is 5.76. The van der Waals surface area contributed by atoms with Crippen molar-refractivity contribution in [3.63, 3.8) is 0 Å². The van der Waals surface area contributed by atoms with Crippen LogP contribution in [0.25, 0.3) is 0 Å². The Hall–Kier alpha value is -2.41. The van der Waals surface area contributed by atoms with Gasteiger partial charge in [0.2, 0.25) is 17.7 Å². The molecule has 0 unspecified atom stereocenters. The summed E-state index contributed by atoms with van der Waals surface area (Å²) < 4.78 is 0. The summed E-state index contributed by atoms with van der Waals surface area (Å²) in [5.41, 5.74) is 6.57. The molecule has 0 spiro atoms. The zero-order valence-corrected chi connectivity index (χ0v) is 13.2. The van der Waals surface area contributed by atoms with Crippen molar-refractivity contribution in [3.05, 3.63) is 24.3 Å². The number of likely N-dealkylation sites (tertiary alicyclic amines) is 1. The Bertz CT molecular complexity index is 595. The molecule has 1 aliphatic heterocycles. The number of nitrogens with zero attached hydrogens (tertiary/aromatic N) is 1. The van der Waals surface area contributed by atoms with Crippen molar-refractivity contribution in [1.29, 1.82) is 0 Å². The predicted molar refractivity (Wildman–Crippen MR) is 87.7 cm³/mol. The summed E-state index contributed by atoms with van der Waals surface area (Å²) in [5.74, 6) is -0.624. The first kappa shape index (κ1) is 17.0. The Balaban J connectivity index is 1.83. The van der Waals surface area contributed by atoms with E-state index in [1.807, 2.05) is 4.90 Å². The monoisotopic (exact) mass is 318 g/mol. The van der Waals surface area contributed by atoms with Crippen LogP contribution in [0.15, 0.2) is 24.3 Å². The van der Waals surface area contributed by atoms with Gasteiger partial charge in [-0.15, -0.1) is 0 Å². The largest absolute Gasteiger partial charge is 0.369 e. The van der Waals surface area contributed by atoms with E-state index in [-0.39, 0.29) is 30.2 Å². The van der Waals surface area contributed by atoms with Gasteiger partial charge in [-0.3, -0.25) is 19.3 Å². The van der Waals surface area contributed by atoms with Gasteiger partial charge >= 0.3 is 0 Å². The molecule has 0 bridgehead atoms. The number of nitrogens with one attached hydrogen (secondary N) is 2. The number of nitrogens with two attached hydrogens (primary N) is 1. The van der Waals surface area contributed by atoms with Crippen molar-refractivity contribution < 1.29 is 14.4 Å². The molecule has 2 rings (SSSR count). The third kappa shape index (κ3) is 5.37. The Morgan fingerprint density at radius 2 is 1.78 bits per heavy atom. The van der Waals surface area contributed by atoms with E-state index in [0.717, 1.165) is 0 Å². The van der Waals surface area contributed by atoms with Gasteiger partial charge in [-0.25, -0.2) is 0 Å². The van der Waals surface area contributed by atoms with E-state index in [0.29, 0.717) is 37.3 Å². The van der Waals surface area contributed by atoms with Crippen LogP contribution in [0.5, 0.6) is 0 Å². The third-order valence-corrected chi connectivity index (χ3v) is 3.82. The first-order valence-electron chi connectivity index (χ1n) is 7.63. The van der Waals surface area contributed by atoms with Crippen LogP contribution in [0, 0.1) is 5.92 Å². The maximum absolute atomic E-state index is 12.1. The summed E-state index contributed by atoms with van der Waals surface area (Å²) in [6.45, 7) is 3.08. The number of hydrogen-bond donors (Lipinski definition) is 3. The van der Waals surface area contributed by atoms with E-state index in [1.165, 1.54) is 6.92 Å². The van der Waals surface area contributed by atoms with E-state index >= 15 is 0 Å². The molecule has 7 heteroatoms. The molecule has 1 saturated heterocycles. The maximum atomic E-state index is 12.1. The highest BCUT2D eigenvalue weighted by molar-refractivity contribution is 5.94. The van der Waals surface area contributed by atoms with Crippen molar-refractivity contribution in [3.8, 4) is 0 Å². The molecule has 0 aromatic heterocycles. The second kappa shape index (κ2) is 7.73. The first-order valence-corrected chi connectivity index (χ1v) is 7.63. The molecule has 23 heavy (non-hydrogen) atoms. The number of rotatable bonds is 5. The lowest BCUT2D eigenvalue weighted by Gasteiger charge is -2.29. The topological polar surface area (TPSA) is 105 Å². The molecule has 124 valence electrons. The summed E-state index contributed by atoms with van der Waals surface area (Å²) in [7, 11) is 0. The first-order chi connectivity index (χ1) is 10.9. The van der Waals surface area contributed by atoms with Crippen LogP contribution in [0.2, 0.25) is 0 Å². The molecular weight excluding hydrogens is 296 g/mol. The van der Waals surface area contributed by atoms with E-state index in [1.54, 1.807) is 24.3 Å². The quantitative estimate of drug-likeness (QED) is 0.746. The molecule has 0 saturated carbocycles. The number of carbonyl (C=O) groups is 3. The standard InChI is InChI=1S/C16H22N4O3/c1-11(21)18-13-3-2-4-14(9-13)19-15(22)10-20-7-5-12(6-8-20)16(17)23/h2-4,9,12H,5-8,10H2,1H3,(H2,17,23)(H,18,21)(H,19,22).